The number of thiazole rings is 1. The lowest BCUT2D eigenvalue weighted by Gasteiger charge is -2.23. The van der Waals surface area contributed by atoms with Gasteiger partial charge in [0.25, 0.3) is 5.78 Å². The standard InChI is InChI=1S/C22H16Cl2N2O3S/c1-11-12(2)30-22(25-11)26-18(13-3-7-15(23)8-4-13)17(20(28)21(26)29)19(27)14-5-9-16(24)10-6-14/h3-10,18,27H,1-2H3/b19-17+/t18-/m1/s1. The molecule has 3 aromatic rings. The number of hydrogen-bond acceptors (Lipinski definition) is 5. The van der Waals surface area contributed by atoms with Crippen LogP contribution in [0.5, 0.6) is 0 Å². The minimum absolute atomic E-state index is 0.00449. The van der Waals surface area contributed by atoms with E-state index in [1.165, 1.54) is 16.2 Å². The molecule has 1 aliphatic heterocycles. The molecule has 0 bridgehead atoms. The van der Waals surface area contributed by atoms with Crippen LogP contribution in [0.2, 0.25) is 10.0 Å². The second-order valence-electron chi connectivity index (χ2n) is 6.87. The molecule has 0 radical (unpaired) electrons. The molecule has 2 aromatic carbocycles. The molecule has 0 spiro atoms. The van der Waals surface area contributed by atoms with Gasteiger partial charge in [0.15, 0.2) is 5.13 Å². The van der Waals surface area contributed by atoms with E-state index in [-0.39, 0.29) is 11.3 Å². The van der Waals surface area contributed by atoms with Gasteiger partial charge in [0, 0.05) is 20.5 Å². The summed E-state index contributed by atoms with van der Waals surface area (Å²) >= 11 is 13.3. The Balaban J connectivity index is 1.94. The van der Waals surface area contributed by atoms with Gasteiger partial charge in [0.2, 0.25) is 0 Å². The van der Waals surface area contributed by atoms with Crippen LogP contribution in [0.3, 0.4) is 0 Å². The van der Waals surface area contributed by atoms with Crippen molar-refractivity contribution in [3.05, 3.63) is 85.8 Å². The van der Waals surface area contributed by atoms with Crippen molar-refractivity contribution in [3.63, 3.8) is 0 Å². The zero-order chi connectivity index (χ0) is 21.6. The molecule has 0 aliphatic carbocycles. The van der Waals surface area contributed by atoms with Gasteiger partial charge in [0.1, 0.15) is 5.76 Å². The number of aromatic nitrogens is 1. The predicted octanol–water partition coefficient (Wildman–Crippen LogP) is 5.69. The van der Waals surface area contributed by atoms with Crippen LogP contribution in [-0.4, -0.2) is 21.8 Å². The molecule has 152 valence electrons. The number of carbonyl (C=O) groups excluding carboxylic acids is 2. The minimum atomic E-state index is -0.831. The molecule has 1 amide bonds. The topological polar surface area (TPSA) is 70.5 Å². The van der Waals surface area contributed by atoms with Crippen molar-refractivity contribution in [2.24, 2.45) is 0 Å². The van der Waals surface area contributed by atoms with Gasteiger partial charge in [-0.25, -0.2) is 4.98 Å². The van der Waals surface area contributed by atoms with Crippen molar-refractivity contribution >= 4 is 57.1 Å². The molecule has 8 heteroatoms. The highest BCUT2D eigenvalue weighted by Gasteiger charge is 2.48. The van der Waals surface area contributed by atoms with E-state index >= 15 is 0 Å². The predicted molar refractivity (Wildman–Crippen MR) is 119 cm³/mol. The molecule has 1 fully saturated rings. The van der Waals surface area contributed by atoms with Gasteiger partial charge < -0.3 is 5.11 Å². The van der Waals surface area contributed by atoms with Gasteiger partial charge in [0.05, 0.1) is 17.3 Å². The van der Waals surface area contributed by atoms with Crippen LogP contribution >= 0.6 is 34.5 Å². The molecule has 0 saturated carbocycles. The molecule has 5 nitrogen and oxygen atoms in total. The number of nitrogens with zero attached hydrogens (tertiary/aromatic N) is 2. The van der Waals surface area contributed by atoms with E-state index in [1.807, 2.05) is 13.8 Å². The number of carbonyl (C=O) groups is 2. The van der Waals surface area contributed by atoms with Crippen molar-refractivity contribution in [1.82, 2.24) is 4.98 Å². The minimum Gasteiger partial charge on any atom is -0.507 e. The first-order valence-corrected chi connectivity index (χ1v) is 10.6. The fourth-order valence-electron chi connectivity index (χ4n) is 3.31. The maximum Gasteiger partial charge on any atom is 0.301 e. The zero-order valence-corrected chi connectivity index (χ0v) is 18.3. The lowest BCUT2D eigenvalue weighted by molar-refractivity contribution is -0.132. The number of ketones is 1. The highest BCUT2D eigenvalue weighted by Crippen LogP contribution is 2.43. The first kappa shape index (κ1) is 20.6. The number of Topliss-reactive ketones (excluding diaryl/α,β-unsaturated/α-hetero) is 1. The van der Waals surface area contributed by atoms with Crippen LogP contribution in [0.15, 0.2) is 54.1 Å². The number of hydrogen-bond donors (Lipinski definition) is 1. The fraction of sp³-hybridized carbons (Fsp3) is 0.136. The van der Waals surface area contributed by atoms with E-state index in [1.54, 1.807) is 48.5 Å². The lowest BCUT2D eigenvalue weighted by Crippen LogP contribution is -2.29. The summed E-state index contributed by atoms with van der Waals surface area (Å²) in [5, 5.41) is 12.4. The summed E-state index contributed by atoms with van der Waals surface area (Å²) in [6.45, 7) is 3.75. The van der Waals surface area contributed by atoms with E-state index in [0.29, 0.717) is 26.3 Å². The number of rotatable bonds is 3. The van der Waals surface area contributed by atoms with Gasteiger partial charge in [-0.1, -0.05) is 35.3 Å². The average Bonchev–Trinajstić information content (AvgIpc) is 3.18. The Hall–Kier alpha value is -2.67. The Morgan fingerprint density at radius 3 is 2.10 bits per heavy atom. The lowest BCUT2D eigenvalue weighted by atomic mass is 9.95. The Morgan fingerprint density at radius 1 is 1.00 bits per heavy atom. The normalized spacial score (nSPS) is 18.3. The van der Waals surface area contributed by atoms with Crippen molar-refractivity contribution in [3.8, 4) is 0 Å². The smallest absolute Gasteiger partial charge is 0.301 e. The van der Waals surface area contributed by atoms with Crippen molar-refractivity contribution in [2.75, 3.05) is 4.90 Å². The van der Waals surface area contributed by atoms with Crippen LogP contribution in [0.1, 0.15) is 27.7 Å². The molecular weight excluding hydrogens is 443 g/mol. The molecule has 1 N–H and O–H groups in total. The molecule has 1 aliphatic rings. The summed E-state index contributed by atoms with van der Waals surface area (Å²) in [5.74, 6) is -1.77. The van der Waals surface area contributed by atoms with Gasteiger partial charge >= 0.3 is 5.91 Å². The number of aliphatic hydroxyl groups is 1. The van der Waals surface area contributed by atoms with Gasteiger partial charge in [-0.15, -0.1) is 11.3 Å². The van der Waals surface area contributed by atoms with Crippen LogP contribution in [0.25, 0.3) is 5.76 Å². The molecule has 1 aromatic heterocycles. The summed E-state index contributed by atoms with van der Waals surface area (Å²) in [6.07, 6.45) is 0. The molecule has 2 heterocycles. The number of amides is 1. The summed E-state index contributed by atoms with van der Waals surface area (Å²) in [4.78, 5) is 32.8. The molecule has 1 saturated heterocycles. The Labute approximate surface area is 187 Å². The van der Waals surface area contributed by atoms with Gasteiger partial charge in [-0.2, -0.15) is 0 Å². The van der Waals surface area contributed by atoms with Crippen molar-refractivity contribution in [1.29, 1.82) is 0 Å². The van der Waals surface area contributed by atoms with E-state index in [2.05, 4.69) is 4.98 Å². The highest BCUT2D eigenvalue weighted by molar-refractivity contribution is 7.16. The molecular formula is C22H16Cl2N2O3S. The van der Waals surface area contributed by atoms with Gasteiger partial charge in [-0.05, 0) is 55.8 Å². The van der Waals surface area contributed by atoms with Crippen LogP contribution in [0, 0.1) is 13.8 Å². The Morgan fingerprint density at radius 2 is 1.57 bits per heavy atom. The van der Waals surface area contributed by atoms with Crippen LogP contribution in [0.4, 0.5) is 5.13 Å². The third-order valence-electron chi connectivity index (χ3n) is 4.97. The Bertz CT molecular complexity index is 1160. The largest absolute Gasteiger partial charge is 0.507 e. The zero-order valence-electron chi connectivity index (χ0n) is 16.0. The van der Waals surface area contributed by atoms with E-state index in [9.17, 15) is 14.7 Å². The maximum absolute atomic E-state index is 13.0. The average molecular weight is 459 g/mol. The number of benzene rings is 2. The molecule has 30 heavy (non-hydrogen) atoms. The van der Waals surface area contributed by atoms with Crippen molar-refractivity contribution < 1.29 is 14.7 Å². The van der Waals surface area contributed by atoms with Gasteiger partial charge in [-0.3, -0.25) is 14.5 Å². The second-order valence-corrected chi connectivity index (χ2v) is 8.92. The number of aliphatic hydroxyl groups excluding tert-OH is 1. The van der Waals surface area contributed by atoms with Crippen LogP contribution in [-0.2, 0) is 9.59 Å². The summed E-state index contributed by atoms with van der Waals surface area (Å²) < 4.78 is 0. The maximum atomic E-state index is 13.0. The summed E-state index contributed by atoms with van der Waals surface area (Å²) in [7, 11) is 0. The highest BCUT2D eigenvalue weighted by atomic mass is 35.5. The molecule has 4 rings (SSSR count). The van der Waals surface area contributed by atoms with Crippen molar-refractivity contribution in [2.45, 2.75) is 19.9 Å². The number of halogens is 2. The first-order valence-electron chi connectivity index (χ1n) is 9.04. The Kier molecular flexibility index (Phi) is 5.40. The van der Waals surface area contributed by atoms with E-state index in [4.69, 9.17) is 23.2 Å². The third kappa shape index (κ3) is 3.51. The second kappa shape index (κ2) is 7.87. The van der Waals surface area contributed by atoms with E-state index < -0.39 is 17.7 Å². The number of aryl methyl sites for hydroxylation is 2. The first-order chi connectivity index (χ1) is 14.3. The fourth-order valence-corrected chi connectivity index (χ4v) is 4.50. The monoisotopic (exact) mass is 458 g/mol. The molecule has 0 unspecified atom stereocenters. The SMILES string of the molecule is Cc1nc(N2C(=O)C(=O)/C(=C(/O)c3ccc(Cl)cc3)[C@H]2c2ccc(Cl)cc2)sc1C. The third-order valence-corrected chi connectivity index (χ3v) is 6.55. The van der Waals surface area contributed by atoms with E-state index in [0.717, 1.165) is 10.6 Å². The number of anilines is 1. The summed E-state index contributed by atoms with van der Waals surface area (Å²) in [5.41, 5.74) is 1.81. The molecule has 1 atom stereocenters. The quantitative estimate of drug-likeness (QED) is 0.310. The van der Waals surface area contributed by atoms with Crippen LogP contribution < -0.4 is 4.90 Å². The summed E-state index contributed by atoms with van der Waals surface area (Å²) in [6, 6.07) is 12.4.